The molecule has 0 saturated carbocycles. The summed E-state index contributed by atoms with van der Waals surface area (Å²) in [6.45, 7) is 0.00388. The number of thioether (sulfide) groups is 1. The van der Waals surface area contributed by atoms with Gasteiger partial charge in [0.25, 0.3) is 0 Å². The normalized spacial score (nSPS) is 16.7. The molecule has 0 spiro atoms. The summed E-state index contributed by atoms with van der Waals surface area (Å²) in [6.07, 6.45) is 1.42. The topological polar surface area (TPSA) is 41.8 Å². The molecule has 0 atom stereocenters. The van der Waals surface area contributed by atoms with Crippen LogP contribution in [0.4, 0.5) is 13.2 Å². The minimum Gasteiger partial charge on any atom is -0.493 e. The molecule has 1 aromatic carbocycles. The van der Waals surface area contributed by atoms with E-state index < -0.39 is 5.51 Å². The summed E-state index contributed by atoms with van der Waals surface area (Å²) >= 11 is -0.0949. The fourth-order valence-corrected chi connectivity index (χ4v) is 2.35. The van der Waals surface area contributed by atoms with Gasteiger partial charge in [-0.2, -0.15) is 13.2 Å². The Bertz CT molecular complexity index is 488. The number of hydrogen-bond donors (Lipinski definition) is 1. The van der Waals surface area contributed by atoms with Crippen LogP contribution in [0, 0.1) is 0 Å². The van der Waals surface area contributed by atoms with Crippen LogP contribution in [0.5, 0.6) is 5.75 Å². The van der Waals surface area contributed by atoms with Crippen LogP contribution < -0.4 is 4.74 Å². The third-order valence-corrected chi connectivity index (χ3v) is 3.46. The van der Waals surface area contributed by atoms with Crippen molar-refractivity contribution in [3.8, 4) is 5.75 Å². The summed E-state index contributed by atoms with van der Waals surface area (Å²) in [5.74, 6) is 0.407. The van der Waals surface area contributed by atoms with Crippen LogP contribution in [-0.4, -0.2) is 28.8 Å². The third kappa shape index (κ3) is 3.79. The van der Waals surface area contributed by atoms with Gasteiger partial charge in [0.2, 0.25) is 0 Å². The van der Waals surface area contributed by atoms with E-state index in [0.29, 0.717) is 17.9 Å². The van der Waals surface area contributed by atoms with E-state index in [-0.39, 0.29) is 24.1 Å². The van der Waals surface area contributed by atoms with Crippen molar-refractivity contribution < 1.29 is 23.1 Å². The Morgan fingerprint density at radius 2 is 2.11 bits per heavy atom. The Balaban J connectivity index is 1.90. The Morgan fingerprint density at radius 1 is 1.32 bits per heavy atom. The molecular formula is C12H12F3NO2S. The molecule has 19 heavy (non-hydrogen) atoms. The van der Waals surface area contributed by atoms with Gasteiger partial charge in [-0.15, -0.1) is 0 Å². The lowest BCUT2D eigenvalue weighted by Gasteiger charge is -2.09. The Labute approximate surface area is 112 Å². The van der Waals surface area contributed by atoms with Crippen LogP contribution in [0.25, 0.3) is 0 Å². The molecule has 0 amide bonds. The summed E-state index contributed by atoms with van der Waals surface area (Å²) in [5, 5.41) is 12.0. The van der Waals surface area contributed by atoms with Gasteiger partial charge in [0, 0.05) is 11.3 Å². The number of fused-ring (bicyclic) bond motifs is 1. The SMILES string of the molecule is O/N=C1/CCc2cc(OCCSC(F)(F)F)ccc21. The molecule has 2 rings (SSSR count). The zero-order chi connectivity index (χ0) is 13.9. The second-order valence-corrected chi connectivity index (χ2v) is 5.17. The number of alkyl halides is 3. The lowest BCUT2D eigenvalue weighted by molar-refractivity contribution is -0.0329. The van der Waals surface area contributed by atoms with Gasteiger partial charge in [-0.25, -0.2) is 0 Å². The highest BCUT2D eigenvalue weighted by atomic mass is 32.2. The molecule has 0 unspecified atom stereocenters. The average molecular weight is 291 g/mol. The molecule has 0 bridgehead atoms. The van der Waals surface area contributed by atoms with E-state index in [1.165, 1.54) is 0 Å². The summed E-state index contributed by atoms with van der Waals surface area (Å²) < 4.78 is 41.0. The third-order valence-electron chi connectivity index (χ3n) is 2.76. The molecule has 1 N–H and O–H groups in total. The van der Waals surface area contributed by atoms with Crippen molar-refractivity contribution in [3.63, 3.8) is 0 Å². The van der Waals surface area contributed by atoms with E-state index in [4.69, 9.17) is 9.94 Å². The monoisotopic (exact) mass is 291 g/mol. The molecule has 1 aliphatic rings. The van der Waals surface area contributed by atoms with E-state index in [2.05, 4.69) is 5.16 Å². The molecule has 0 fully saturated rings. The Kier molecular flexibility index (Phi) is 4.24. The van der Waals surface area contributed by atoms with E-state index in [0.717, 1.165) is 17.5 Å². The van der Waals surface area contributed by atoms with E-state index >= 15 is 0 Å². The number of halogens is 3. The van der Waals surface area contributed by atoms with E-state index in [9.17, 15) is 13.2 Å². The second kappa shape index (κ2) is 5.73. The van der Waals surface area contributed by atoms with Gasteiger partial charge in [-0.05, 0) is 48.4 Å². The van der Waals surface area contributed by atoms with Crippen LogP contribution in [0.15, 0.2) is 23.4 Å². The van der Waals surface area contributed by atoms with E-state index in [1.54, 1.807) is 18.2 Å². The number of oxime groups is 1. The Hall–Kier alpha value is -1.37. The van der Waals surface area contributed by atoms with Crippen LogP contribution >= 0.6 is 11.8 Å². The van der Waals surface area contributed by atoms with Gasteiger partial charge in [0.15, 0.2) is 0 Å². The maximum atomic E-state index is 11.9. The van der Waals surface area contributed by atoms with Crippen molar-refractivity contribution in [2.45, 2.75) is 18.3 Å². The zero-order valence-electron chi connectivity index (χ0n) is 9.91. The van der Waals surface area contributed by atoms with Crippen molar-refractivity contribution >= 4 is 17.5 Å². The highest BCUT2D eigenvalue weighted by Gasteiger charge is 2.27. The first-order valence-corrected chi connectivity index (χ1v) is 6.66. The zero-order valence-corrected chi connectivity index (χ0v) is 10.7. The Morgan fingerprint density at radius 3 is 2.79 bits per heavy atom. The molecule has 0 saturated heterocycles. The maximum absolute atomic E-state index is 11.9. The van der Waals surface area contributed by atoms with Gasteiger partial charge < -0.3 is 9.94 Å². The fourth-order valence-electron chi connectivity index (χ4n) is 1.96. The van der Waals surface area contributed by atoms with Crippen molar-refractivity contribution in [2.75, 3.05) is 12.4 Å². The van der Waals surface area contributed by atoms with Crippen LogP contribution in [0.1, 0.15) is 17.5 Å². The molecule has 1 aliphatic carbocycles. The van der Waals surface area contributed by atoms with Crippen LogP contribution in [-0.2, 0) is 6.42 Å². The highest BCUT2D eigenvalue weighted by Crippen LogP contribution is 2.30. The molecule has 0 heterocycles. The standard InChI is InChI=1S/C12H12F3NO2S/c13-12(14,15)19-6-5-18-9-2-3-10-8(7-9)1-4-11(10)16-17/h2-3,7,17H,1,4-6H2/b16-11-. The lowest BCUT2D eigenvalue weighted by atomic mass is 10.1. The summed E-state index contributed by atoms with van der Waals surface area (Å²) in [6, 6.07) is 5.23. The van der Waals surface area contributed by atoms with Crippen molar-refractivity contribution in [3.05, 3.63) is 29.3 Å². The first-order valence-electron chi connectivity index (χ1n) is 5.67. The van der Waals surface area contributed by atoms with Gasteiger partial charge in [0.05, 0.1) is 12.3 Å². The minimum atomic E-state index is -4.21. The van der Waals surface area contributed by atoms with Crippen molar-refractivity contribution in [1.29, 1.82) is 0 Å². The van der Waals surface area contributed by atoms with Crippen LogP contribution in [0.2, 0.25) is 0 Å². The fraction of sp³-hybridized carbons (Fsp3) is 0.417. The summed E-state index contributed by atoms with van der Waals surface area (Å²) in [4.78, 5) is 0. The first-order chi connectivity index (χ1) is 8.99. The quantitative estimate of drug-likeness (QED) is 0.525. The maximum Gasteiger partial charge on any atom is 0.441 e. The minimum absolute atomic E-state index is 0.00388. The second-order valence-electron chi connectivity index (χ2n) is 4.01. The summed E-state index contributed by atoms with van der Waals surface area (Å²) in [7, 11) is 0. The number of rotatable bonds is 4. The molecule has 0 aromatic heterocycles. The highest BCUT2D eigenvalue weighted by molar-refractivity contribution is 8.00. The number of ether oxygens (including phenoxy) is 1. The van der Waals surface area contributed by atoms with Crippen molar-refractivity contribution in [1.82, 2.24) is 0 Å². The summed E-state index contributed by atoms with van der Waals surface area (Å²) in [5.41, 5.74) is -1.71. The van der Waals surface area contributed by atoms with Crippen LogP contribution in [0.3, 0.4) is 0 Å². The predicted octanol–water partition coefficient (Wildman–Crippen LogP) is 3.44. The largest absolute Gasteiger partial charge is 0.493 e. The molecule has 104 valence electrons. The van der Waals surface area contributed by atoms with E-state index in [1.807, 2.05) is 0 Å². The first kappa shape index (κ1) is 14.0. The molecule has 3 nitrogen and oxygen atoms in total. The predicted molar refractivity (Wildman–Crippen MR) is 67.1 cm³/mol. The van der Waals surface area contributed by atoms with Gasteiger partial charge in [-0.3, -0.25) is 0 Å². The molecule has 0 radical (unpaired) electrons. The smallest absolute Gasteiger partial charge is 0.441 e. The molecule has 7 heteroatoms. The molecule has 0 aliphatic heterocycles. The number of benzene rings is 1. The van der Waals surface area contributed by atoms with Gasteiger partial charge in [-0.1, -0.05) is 5.16 Å². The number of nitrogens with zero attached hydrogens (tertiary/aromatic N) is 1. The van der Waals surface area contributed by atoms with Gasteiger partial charge >= 0.3 is 5.51 Å². The number of hydrogen-bond acceptors (Lipinski definition) is 4. The lowest BCUT2D eigenvalue weighted by Crippen LogP contribution is -2.07. The number of aryl methyl sites for hydroxylation is 1. The van der Waals surface area contributed by atoms with Gasteiger partial charge in [0.1, 0.15) is 5.75 Å². The molecular weight excluding hydrogens is 279 g/mol. The molecule has 1 aromatic rings. The van der Waals surface area contributed by atoms with Crippen molar-refractivity contribution in [2.24, 2.45) is 5.16 Å². The average Bonchev–Trinajstić information content (AvgIpc) is 2.75.